The molecule has 8 nitrogen and oxygen atoms in total. The first kappa shape index (κ1) is 25.1. The van der Waals surface area contributed by atoms with Crippen LogP contribution in [0.15, 0.2) is 0 Å². The second-order valence-corrected chi connectivity index (χ2v) is 6.29. The summed E-state index contributed by atoms with van der Waals surface area (Å²) in [5, 5.41) is 9.40. The molecular formula is C13H23NaO8S. The van der Waals surface area contributed by atoms with E-state index in [1.807, 2.05) is 0 Å². The maximum atomic E-state index is 11.3. The minimum absolute atomic E-state index is 0. The van der Waals surface area contributed by atoms with Gasteiger partial charge in [-0.3, -0.25) is 9.59 Å². The third-order valence-corrected chi connectivity index (χ3v) is 3.24. The van der Waals surface area contributed by atoms with Crippen molar-refractivity contribution in [3.63, 3.8) is 0 Å². The summed E-state index contributed by atoms with van der Waals surface area (Å²) in [4.78, 5) is 22.3. The van der Waals surface area contributed by atoms with Gasteiger partial charge in [0.05, 0.1) is 0 Å². The molecule has 0 heterocycles. The Morgan fingerprint density at radius 2 is 1.57 bits per heavy atom. The molecule has 1 unspecified atom stereocenters. The Kier molecular flexibility index (Phi) is 15.4. The predicted octanol–water partition coefficient (Wildman–Crippen LogP) is -2.66. The summed E-state index contributed by atoms with van der Waals surface area (Å²) in [5.74, 6) is -3.00. The number of aliphatic hydroxyl groups is 1. The molecule has 0 radical (unpaired) electrons. The monoisotopic (exact) mass is 362 g/mol. The smallest absolute Gasteiger partial charge is 0.748 e. The van der Waals surface area contributed by atoms with Crippen molar-refractivity contribution in [1.29, 1.82) is 0 Å². The number of hydrogen-bond acceptors (Lipinski definition) is 8. The van der Waals surface area contributed by atoms with Crippen molar-refractivity contribution in [1.82, 2.24) is 0 Å². The number of rotatable bonds is 12. The van der Waals surface area contributed by atoms with Gasteiger partial charge in [0, 0.05) is 6.42 Å². The quantitative estimate of drug-likeness (QED) is 0.172. The molecule has 0 spiro atoms. The number of carbonyl (C=O) groups is 2. The zero-order valence-electron chi connectivity index (χ0n) is 13.7. The van der Waals surface area contributed by atoms with E-state index in [4.69, 9.17) is 4.74 Å². The fourth-order valence-electron chi connectivity index (χ4n) is 1.56. The van der Waals surface area contributed by atoms with E-state index in [-0.39, 0.29) is 42.6 Å². The van der Waals surface area contributed by atoms with Crippen molar-refractivity contribution in [2.75, 3.05) is 19.0 Å². The van der Waals surface area contributed by atoms with Crippen LogP contribution < -0.4 is 29.6 Å². The normalized spacial score (nSPS) is 12.1. The van der Waals surface area contributed by atoms with Crippen LogP contribution >= 0.6 is 0 Å². The standard InChI is InChI=1S/C13H24O8S.Na/c1-2-3-4-5-6-7-12(15)20-8-11(14)9-21-13(16)10-22(17,18)19;/h11,14H,2-10H2,1H3,(H,17,18,19);/q;+1/p-1. The maximum absolute atomic E-state index is 11.3. The zero-order valence-corrected chi connectivity index (χ0v) is 16.5. The van der Waals surface area contributed by atoms with Crippen molar-refractivity contribution in [2.24, 2.45) is 0 Å². The van der Waals surface area contributed by atoms with Gasteiger partial charge in [-0.05, 0) is 6.42 Å². The number of unbranched alkanes of at least 4 members (excludes halogenated alkanes) is 4. The summed E-state index contributed by atoms with van der Waals surface area (Å²) in [6.07, 6.45) is 3.94. The topological polar surface area (TPSA) is 130 Å². The SMILES string of the molecule is CCCCCCCC(=O)OCC(O)COC(=O)CS(=O)(=O)[O-].[Na+]. The molecule has 0 rings (SSSR count). The molecule has 0 aliphatic heterocycles. The number of aliphatic hydroxyl groups excluding tert-OH is 1. The number of ether oxygens (including phenoxy) is 2. The average Bonchev–Trinajstić information content (AvgIpc) is 2.41. The van der Waals surface area contributed by atoms with Crippen LogP contribution in [0.4, 0.5) is 0 Å². The van der Waals surface area contributed by atoms with Crippen molar-refractivity contribution in [3.8, 4) is 0 Å². The summed E-state index contributed by atoms with van der Waals surface area (Å²) in [6.45, 7) is 1.19. The molecule has 0 aromatic carbocycles. The Morgan fingerprint density at radius 3 is 2.09 bits per heavy atom. The number of hydrogen-bond donors (Lipinski definition) is 1. The van der Waals surface area contributed by atoms with Crippen molar-refractivity contribution < 1.29 is 66.7 Å². The molecule has 0 amide bonds. The molecule has 130 valence electrons. The first-order chi connectivity index (χ1) is 10.2. The van der Waals surface area contributed by atoms with Gasteiger partial charge < -0.3 is 19.1 Å². The van der Waals surface area contributed by atoms with E-state index in [1.165, 1.54) is 0 Å². The van der Waals surface area contributed by atoms with E-state index in [1.54, 1.807) is 0 Å². The first-order valence-electron chi connectivity index (χ1n) is 7.17. The molecule has 0 aromatic heterocycles. The molecule has 0 aliphatic carbocycles. The molecule has 0 aromatic rings. The van der Waals surface area contributed by atoms with E-state index in [0.717, 1.165) is 25.7 Å². The average molecular weight is 362 g/mol. The van der Waals surface area contributed by atoms with Crippen molar-refractivity contribution >= 4 is 22.1 Å². The summed E-state index contributed by atoms with van der Waals surface area (Å²) in [6, 6.07) is 0. The Bertz CT molecular complexity index is 437. The second kappa shape index (κ2) is 14.2. The van der Waals surface area contributed by atoms with Crippen LogP contribution in [0, 0.1) is 0 Å². The van der Waals surface area contributed by atoms with Gasteiger partial charge in [0.2, 0.25) is 0 Å². The van der Waals surface area contributed by atoms with Crippen LogP contribution in [0.1, 0.15) is 45.4 Å². The van der Waals surface area contributed by atoms with Gasteiger partial charge in [-0.2, -0.15) is 0 Å². The Balaban J connectivity index is 0. The third kappa shape index (κ3) is 18.0. The molecule has 0 saturated heterocycles. The largest absolute Gasteiger partial charge is 1.00 e. The molecular weight excluding hydrogens is 339 g/mol. The first-order valence-corrected chi connectivity index (χ1v) is 8.75. The van der Waals surface area contributed by atoms with E-state index < -0.39 is 40.5 Å². The van der Waals surface area contributed by atoms with Gasteiger partial charge in [0.15, 0.2) is 0 Å². The summed E-state index contributed by atoms with van der Waals surface area (Å²) < 4.78 is 40.0. The second-order valence-electron chi connectivity index (χ2n) is 4.89. The molecule has 10 heteroatoms. The Hall–Kier alpha value is -0.190. The Morgan fingerprint density at radius 1 is 1.04 bits per heavy atom. The molecule has 1 atom stereocenters. The van der Waals surface area contributed by atoms with Gasteiger partial charge in [-0.15, -0.1) is 0 Å². The van der Waals surface area contributed by atoms with Gasteiger partial charge >= 0.3 is 41.5 Å². The molecule has 1 N–H and O–H groups in total. The maximum Gasteiger partial charge on any atom is 1.00 e. The molecule has 23 heavy (non-hydrogen) atoms. The van der Waals surface area contributed by atoms with E-state index in [2.05, 4.69) is 11.7 Å². The summed E-state index contributed by atoms with van der Waals surface area (Å²) in [5.41, 5.74) is 0. The molecule has 0 aliphatic rings. The van der Waals surface area contributed by atoms with Crippen LogP contribution in [0.3, 0.4) is 0 Å². The van der Waals surface area contributed by atoms with Crippen LogP contribution in [-0.2, 0) is 29.2 Å². The summed E-state index contributed by atoms with van der Waals surface area (Å²) >= 11 is 0. The minimum Gasteiger partial charge on any atom is -0.748 e. The fourth-order valence-corrected chi connectivity index (χ4v) is 1.93. The molecule has 0 bridgehead atoms. The van der Waals surface area contributed by atoms with Gasteiger partial charge in [0.1, 0.15) is 35.2 Å². The van der Waals surface area contributed by atoms with Crippen LogP contribution in [0.25, 0.3) is 0 Å². The van der Waals surface area contributed by atoms with E-state index >= 15 is 0 Å². The molecule has 0 fully saturated rings. The summed E-state index contributed by atoms with van der Waals surface area (Å²) in [7, 11) is -4.71. The predicted molar refractivity (Wildman–Crippen MR) is 75.9 cm³/mol. The number of carbonyl (C=O) groups excluding carboxylic acids is 2. The van der Waals surface area contributed by atoms with Crippen molar-refractivity contribution in [3.05, 3.63) is 0 Å². The van der Waals surface area contributed by atoms with Gasteiger partial charge in [0.25, 0.3) is 0 Å². The third-order valence-electron chi connectivity index (χ3n) is 2.65. The molecule has 0 saturated carbocycles. The zero-order chi connectivity index (χ0) is 17.0. The Labute approximate surface area is 159 Å². The van der Waals surface area contributed by atoms with Crippen LogP contribution in [0.5, 0.6) is 0 Å². The van der Waals surface area contributed by atoms with Crippen LogP contribution in [-0.4, -0.2) is 55.1 Å². The van der Waals surface area contributed by atoms with Crippen LogP contribution in [0.2, 0.25) is 0 Å². The van der Waals surface area contributed by atoms with E-state index in [9.17, 15) is 27.7 Å². The van der Waals surface area contributed by atoms with Gasteiger partial charge in [-0.25, -0.2) is 8.42 Å². The van der Waals surface area contributed by atoms with Gasteiger partial charge in [-0.1, -0.05) is 32.6 Å². The fraction of sp³-hybridized carbons (Fsp3) is 0.846. The number of esters is 2. The van der Waals surface area contributed by atoms with E-state index in [0.29, 0.717) is 6.42 Å². The minimum atomic E-state index is -4.71. The van der Waals surface area contributed by atoms with Crippen molar-refractivity contribution in [2.45, 2.75) is 51.6 Å².